The van der Waals surface area contributed by atoms with E-state index >= 15 is 0 Å². The van der Waals surface area contributed by atoms with E-state index in [0.717, 1.165) is 44.2 Å². The Morgan fingerprint density at radius 2 is 1.04 bits per heavy atom. The van der Waals surface area contributed by atoms with E-state index in [2.05, 4.69) is 155 Å². The van der Waals surface area contributed by atoms with Crippen LogP contribution in [-0.2, 0) is 0 Å². The lowest BCUT2D eigenvalue weighted by molar-refractivity contribution is 0.556. The van der Waals surface area contributed by atoms with Crippen LogP contribution in [0.15, 0.2) is 169 Å². The number of allylic oxidation sites excluding steroid dienone is 4. The summed E-state index contributed by atoms with van der Waals surface area (Å²) in [7, 11) is 0. The second kappa shape index (κ2) is 11.0. The predicted octanol–water partition coefficient (Wildman–Crippen LogP) is 10.8. The van der Waals surface area contributed by atoms with Crippen LogP contribution >= 0.6 is 0 Å². The fourth-order valence-electron chi connectivity index (χ4n) is 7.71. The second-order valence-electron chi connectivity index (χ2n) is 12.4. The molecule has 0 fully saturated rings. The molecule has 2 heterocycles. The van der Waals surface area contributed by atoms with Crippen molar-refractivity contribution in [2.75, 3.05) is 0 Å². The van der Waals surface area contributed by atoms with Gasteiger partial charge < -0.3 is 9.13 Å². The number of hydrogen-bond donors (Lipinski definition) is 0. The molecule has 0 aliphatic heterocycles. The SMILES string of the molecule is N#CC1=CC(c2cccc(-c3ccc(-n4c5ccccc5c5ccccc54)cc3)c2)C(n2c3ccccc3c3ccccc32)C(C#N)=C1. The van der Waals surface area contributed by atoms with E-state index in [9.17, 15) is 10.5 Å². The lowest BCUT2D eigenvalue weighted by atomic mass is 9.80. The number of aromatic nitrogens is 2. The van der Waals surface area contributed by atoms with Crippen LogP contribution in [0, 0.1) is 22.7 Å². The summed E-state index contributed by atoms with van der Waals surface area (Å²) in [4.78, 5) is 0. The summed E-state index contributed by atoms with van der Waals surface area (Å²) in [6.07, 6.45) is 3.78. The quantitative estimate of drug-likeness (QED) is 0.199. The summed E-state index contributed by atoms with van der Waals surface area (Å²) in [5.41, 5.74) is 9.94. The molecule has 0 N–H and O–H groups in total. The number of nitrogens with zero attached hydrogens (tertiary/aromatic N) is 4. The molecule has 2 aromatic heterocycles. The zero-order chi connectivity index (χ0) is 32.2. The van der Waals surface area contributed by atoms with Crippen molar-refractivity contribution in [1.29, 1.82) is 10.5 Å². The van der Waals surface area contributed by atoms with Crippen molar-refractivity contribution < 1.29 is 0 Å². The van der Waals surface area contributed by atoms with Crippen LogP contribution in [0.5, 0.6) is 0 Å². The van der Waals surface area contributed by atoms with Crippen molar-refractivity contribution in [2.45, 2.75) is 12.0 Å². The Balaban J connectivity index is 1.16. The zero-order valence-electron chi connectivity index (χ0n) is 26.0. The molecule has 1 aliphatic carbocycles. The van der Waals surface area contributed by atoms with Gasteiger partial charge in [-0.05, 0) is 59.2 Å². The average molecular weight is 613 g/mol. The molecule has 224 valence electrons. The Hall–Kier alpha value is -6.62. The van der Waals surface area contributed by atoms with Gasteiger partial charge in [-0.15, -0.1) is 0 Å². The van der Waals surface area contributed by atoms with Crippen LogP contribution in [0.1, 0.15) is 17.5 Å². The van der Waals surface area contributed by atoms with Gasteiger partial charge in [-0.1, -0.05) is 115 Å². The van der Waals surface area contributed by atoms with Crippen LogP contribution in [0.25, 0.3) is 60.4 Å². The van der Waals surface area contributed by atoms with E-state index in [-0.39, 0.29) is 12.0 Å². The number of rotatable bonds is 4. The monoisotopic (exact) mass is 612 g/mol. The van der Waals surface area contributed by atoms with Crippen LogP contribution < -0.4 is 0 Å². The summed E-state index contributed by atoms with van der Waals surface area (Å²) < 4.78 is 4.62. The van der Waals surface area contributed by atoms with Crippen molar-refractivity contribution in [3.8, 4) is 29.0 Å². The molecule has 48 heavy (non-hydrogen) atoms. The van der Waals surface area contributed by atoms with Gasteiger partial charge in [0.1, 0.15) is 0 Å². The van der Waals surface area contributed by atoms with Gasteiger partial charge in [0.05, 0.1) is 34.8 Å². The highest BCUT2D eigenvalue weighted by Gasteiger charge is 2.33. The van der Waals surface area contributed by atoms with Crippen molar-refractivity contribution >= 4 is 43.6 Å². The standard InChI is InChI=1S/C44H28N4/c45-27-29-24-33(28-46)44(48-42-18-7-3-14-37(42)38-15-4-8-19-43(38)48)39(25-29)32-11-9-10-31(26-32)30-20-22-34(23-21-30)47-40-16-5-1-12-35(40)36-13-2-6-17-41(36)47/h1-26,39,44H. The lowest BCUT2D eigenvalue weighted by Crippen LogP contribution is -2.21. The second-order valence-corrected chi connectivity index (χ2v) is 12.4. The summed E-state index contributed by atoms with van der Waals surface area (Å²) in [6.45, 7) is 0. The van der Waals surface area contributed by atoms with Gasteiger partial charge in [-0.25, -0.2) is 0 Å². The number of fused-ring (bicyclic) bond motifs is 6. The van der Waals surface area contributed by atoms with E-state index < -0.39 is 0 Å². The van der Waals surface area contributed by atoms with Gasteiger partial charge >= 0.3 is 0 Å². The minimum Gasteiger partial charge on any atom is -0.331 e. The van der Waals surface area contributed by atoms with E-state index in [0.29, 0.717) is 11.1 Å². The Bertz CT molecular complexity index is 2600. The summed E-state index contributed by atoms with van der Waals surface area (Å²) >= 11 is 0. The molecule has 6 aromatic carbocycles. The molecular weight excluding hydrogens is 585 g/mol. The topological polar surface area (TPSA) is 57.4 Å². The highest BCUT2D eigenvalue weighted by atomic mass is 15.0. The molecule has 0 spiro atoms. The molecule has 9 rings (SSSR count). The molecule has 2 unspecified atom stereocenters. The van der Waals surface area contributed by atoms with Gasteiger partial charge in [-0.3, -0.25) is 0 Å². The number of hydrogen-bond acceptors (Lipinski definition) is 2. The van der Waals surface area contributed by atoms with E-state index in [1.54, 1.807) is 6.08 Å². The number of para-hydroxylation sites is 4. The third kappa shape index (κ3) is 4.21. The van der Waals surface area contributed by atoms with Gasteiger partial charge in [0.25, 0.3) is 0 Å². The van der Waals surface area contributed by atoms with Crippen LogP contribution in [-0.4, -0.2) is 9.13 Å². The molecule has 1 aliphatic rings. The molecule has 2 atom stereocenters. The highest BCUT2D eigenvalue weighted by Crippen LogP contribution is 2.45. The fourth-order valence-corrected chi connectivity index (χ4v) is 7.71. The van der Waals surface area contributed by atoms with Crippen molar-refractivity contribution in [2.24, 2.45) is 0 Å². The molecule has 0 amide bonds. The predicted molar refractivity (Wildman–Crippen MR) is 195 cm³/mol. The zero-order valence-corrected chi connectivity index (χ0v) is 26.0. The smallest absolute Gasteiger partial charge is 0.0988 e. The number of nitriles is 2. The Morgan fingerprint density at radius 3 is 1.60 bits per heavy atom. The van der Waals surface area contributed by atoms with Gasteiger partial charge in [0.2, 0.25) is 0 Å². The largest absolute Gasteiger partial charge is 0.331 e. The van der Waals surface area contributed by atoms with Gasteiger partial charge in [0, 0.05) is 49.8 Å². The molecule has 0 bridgehead atoms. The van der Waals surface area contributed by atoms with Crippen LogP contribution in [0.2, 0.25) is 0 Å². The molecule has 4 heteroatoms. The van der Waals surface area contributed by atoms with Crippen LogP contribution in [0.4, 0.5) is 0 Å². The number of benzene rings is 6. The van der Waals surface area contributed by atoms with Crippen molar-refractivity contribution in [3.05, 3.63) is 174 Å². The molecule has 0 saturated carbocycles. The first-order chi connectivity index (χ1) is 23.7. The highest BCUT2D eigenvalue weighted by molar-refractivity contribution is 6.09. The first kappa shape index (κ1) is 27.7. The van der Waals surface area contributed by atoms with Crippen molar-refractivity contribution in [1.82, 2.24) is 9.13 Å². The summed E-state index contributed by atoms with van der Waals surface area (Å²) in [5.74, 6) is -0.227. The van der Waals surface area contributed by atoms with Crippen LogP contribution in [0.3, 0.4) is 0 Å². The normalized spacial score (nSPS) is 16.1. The first-order valence-corrected chi connectivity index (χ1v) is 16.1. The average Bonchev–Trinajstić information content (AvgIpc) is 3.67. The van der Waals surface area contributed by atoms with E-state index in [1.807, 2.05) is 18.2 Å². The van der Waals surface area contributed by atoms with E-state index in [1.165, 1.54) is 21.8 Å². The summed E-state index contributed by atoms with van der Waals surface area (Å²) in [6, 6.07) is 55.6. The van der Waals surface area contributed by atoms with E-state index in [4.69, 9.17) is 0 Å². The third-order valence-corrected chi connectivity index (χ3v) is 9.79. The lowest BCUT2D eigenvalue weighted by Gasteiger charge is -2.31. The molecule has 4 nitrogen and oxygen atoms in total. The Kier molecular flexibility index (Phi) is 6.35. The molecular formula is C44H28N4. The molecule has 0 saturated heterocycles. The third-order valence-electron chi connectivity index (χ3n) is 9.79. The van der Waals surface area contributed by atoms with Gasteiger partial charge in [-0.2, -0.15) is 10.5 Å². The molecule has 8 aromatic rings. The Morgan fingerprint density at radius 1 is 0.500 bits per heavy atom. The summed E-state index contributed by atoms with van der Waals surface area (Å²) in [5, 5.41) is 25.3. The van der Waals surface area contributed by atoms with Gasteiger partial charge in [0.15, 0.2) is 0 Å². The minimum atomic E-state index is -0.315. The maximum atomic E-state index is 10.5. The maximum absolute atomic E-state index is 10.5. The Labute approximate surface area is 277 Å². The van der Waals surface area contributed by atoms with Crippen molar-refractivity contribution in [3.63, 3.8) is 0 Å². The minimum absolute atomic E-state index is 0.227. The fraction of sp³-hybridized carbons (Fsp3) is 0.0455. The molecule has 0 radical (unpaired) electrons. The maximum Gasteiger partial charge on any atom is 0.0988 e. The first-order valence-electron chi connectivity index (χ1n) is 16.1.